The summed E-state index contributed by atoms with van der Waals surface area (Å²) in [6.45, 7) is 0. The first kappa shape index (κ1) is 9.25. The van der Waals surface area contributed by atoms with Gasteiger partial charge in [-0.15, -0.1) is 11.3 Å². The summed E-state index contributed by atoms with van der Waals surface area (Å²) in [4.78, 5) is 4.89. The van der Waals surface area contributed by atoms with Crippen LogP contribution < -0.4 is 0 Å². The molecule has 0 aliphatic carbocycles. The molecule has 0 saturated carbocycles. The van der Waals surface area contributed by atoms with Crippen LogP contribution in [0.15, 0.2) is 22.8 Å². The number of thiazole rings is 1. The minimum atomic E-state index is 0.289. The molecule has 0 bridgehead atoms. The highest BCUT2D eigenvalue weighted by molar-refractivity contribution is 7.15. The number of hydrogen-bond donors (Lipinski definition) is 0. The van der Waals surface area contributed by atoms with Crippen molar-refractivity contribution < 1.29 is 4.42 Å². The van der Waals surface area contributed by atoms with Crippen LogP contribution in [0.2, 0.25) is 5.15 Å². The van der Waals surface area contributed by atoms with E-state index in [0.717, 1.165) is 4.88 Å². The van der Waals surface area contributed by atoms with E-state index in [4.69, 9.17) is 21.3 Å². The lowest BCUT2D eigenvalue weighted by Gasteiger charge is -1.84. The number of nitrogens with zero attached hydrogens (tertiary/aromatic N) is 2. The van der Waals surface area contributed by atoms with Crippen molar-refractivity contribution in [1.29, 1.82) is 5.26 Å². The van der Waals surface area contributed by atoms with Gasteiger partial charge in [0.05, 0.1) is 23.6 Å². The number of rotatable bonds is 2. The second-order valence-electron chi connectivity index (χ2n) is 2.55. The molecule has 0 aliphatic heterocycles. The first-order valence-corrected chi connectivity index (χ1v) is 5.06. The van der Waals surface area contributed by atoms with Crippen molar-refractivity contribution in [2.24, 2.45) is 0 Å². The molecule has 0 N–H and O–H groups in total. The fourth-order valence-corrected chi connectivity index (χ4v) is 2.19. The highest BCUT2D eigenvalue weighted by Crippen LogP contribution is 2.31. The standard InChI is InChI=1S/C9H5ClN2OS/c10-8-7(3-4-11)14-9(12-8)6-2-1-5-13-6/h1-2,5H,3H2. The van der Waals surface area contributed by atoms with Gasteiger partial charge in [0.2, 0.25) is 0 Å². The zero-order valence-electron chi connectivity index (χ0n) is 7.03. The van der Waals surface area contributed by atoms with Gasteiger partial charge < -0.3 is 4.42 Å². The lowest BCUT2D eigenvalue weighted by molar-refractivity contribution is 0.582. The molecule has 0 fully saturated rings. The van der Waals surface area contributed by atoms with Crippen LogP contribution in [0.4, 0.5) is 0 Å². The fourth-order valence-electron chi connectivity index (χ4n) is 1.02. The molecular weight excluding hydrogens is 220 g/mol. The Bertz CT molecular complexity index is 469. The van der Waals surface area contributed by atoms with Gasteiger partial charge in [-0.05, 0) is 12.1 Å². The highest BCUT2D eigenvalue weighted by atomic mass is 35.5. The van der Waals surface area contributed by atoms with Crippen molar-refractivity contribution in [3.05, 3.63) is 28.4 Å². The summed E-state index contributed by atoms with van der Waals surface area (Å²) in [5.41, 5.74) is 0. The Morgan fingerprint density at radius 1 is 1.64 bits per heavy atom. The third-order valence-electron chi connectivity index (χ3n) is 1.62. The van der Waals surface area contributed by atoms with Crippen molar-refractivity contribution in [2.45, 2.75) is 6.42 Å². The average Bonchev–Trinajstić information content (AvgIpc) is 2.76. The van der Waals surface area contributed by atoms with Gasteiger partial charge in [-0.2, -0.15) is 5.26 Å². The maximum absolute atomic E-state index is 8.53. The zero-order chi connectivity index (χ0) is 9.97. The quantitative estimate of drug-likeness (QED) is 0.788. The van der Waals surface area contributed by atoms with Crippen LogP contribution >= 0.6 is 22.9 Å². The van der Waals surface area contributed by atoms with Crippen LogP contribution in [0.1, 0.15) is 4.88 Å². The van der Waals surface area contributed by atoms with Crippen LogP contribution in [0, 0.1) is 11.3 Å². The predicted molar refractivity (Wildman–Crippen MR) is 54.1 cm³/mol. The van der Waals surface area contributed by atoms with Crippen molar-refractivity contribution in [3.8, 4) is 16.8 Å². The van der Waals surface area contributed by atoms with Crippen LogP contribution in [0.3, 0.4) is 0 Å². The van der Waals surface area contributed by atoms with Crippen molar-refractivity contribution >= 4 is 22.9 Å². The Kier molecular flexibility index (Phi) is 2.53. The summed E-state index contributed by atoms with van der Waals surface area (Å²) in [5, 5.41) is 9.64. The van der Waals surface area contributed by atoms with Crippen molar-refractivity contribution in [2.75, 3.05) is 0 Å². The van der Waals surface area contributed by atoms with Gasteiger partial charge in [0.1, 0.15) is 5.15 Å². The van der Waals surface area contributed by atoms with Gasteiger partial charge >= 0.3 is 0 Å². The van der Waals surface area contributed by atoms with E-state index in [1.807, 2.05) is 12.1 Å². The van der Waals surface area contributed by atoms with E-state index in [0.29, 0.717) is 15.9 Å². The van der Waals surface area contributed by atoms with E-state index in [9.17, 15) is 0 Å². The van der Waals surface area contributed by atoms with Gasteiger partial charge in [0.15, 0.2) is 10.8 Å². The Labute approximate surface area is 89.6 Å². The molecule has 2 aromatic heterocycles. The summed E-state index contributed by atoms with van der Waals surface area (Å²) >= 11 is 7.23. The maximum Gasteiger partial charge on any atom is 0.162 e. The molecule has 0 aromatic carbocycles. The van der Waals surface area contributed by atoms with Crippen LogP contribution in [-0.4, -0.2) is 4.98 Å². The number of nitriles is 1. The van der Waals surface area contributed by atoms with E-state index in [1.165, 1.54) is 11.3 Å². The molecule has 0 atom stereocenters. The van der Waals surface area contributed by atoms with Crippen LogP contribution in [0.5, 0.6) is 0 Å². The molecule has 14 heavy (non-hydrogen) atoms. The Morgan fingerprint density at radius 2 is 2.50 bits per heavy atom. The van der Waals surface area contributed by atoms with Crippen LogP contribution in [-0.2, 0) is 6.42 Å². The molecular formula is C9H5ClN2OS. The molecule has 0 radical (unpaired) electrons. The first-order chi connectivity index (χ1) is 6.81. The Hall–Kier alpha value is -1.31. The Balaban J connectivity index is 2.39. The van der Waals surface area contributed by atoms with E-state index in [2.05, 4.69) is 4.98 Å². The summed E-state index contributed by atoms with van der Waals surface area (Å²) in [6.07, 6.45) is 1.87. The molecule has 2 rings (SSSR count). The summed E-state index contributed by atoms with van der Waals surface area (Å²) in [5.74, 6) is 0.682. The molecule has 2 heterocycles. The molecule has 3 nitrogen and oxygen atoms in total. The lowest BCUT2D eigenvalue weighted by atomic mass is 10.4. The molecule has 0 spiro atoms. The summed E-state index contributed by atoms with van der Waals surface area (Å²) in [6, 6.07) is 5.64. The van der Waals surface area contributed by atoms with E-state index >= 15 is 0 Å². The average molecular weight is 225 g/mol. The van der Waals surface area contributed by atoms with E-state index in [-0.39, 0.29) is 6.42 Å². The number of aromatic nitrogens is 1. The smallest absolute Gasteiger partial charge is 0.162 e. The Morgan fingerprint density at radius 3 is 3.14 bits per heavy atom. The molecule has 5 heteroatoms. The number of hydrogen-bond acceptors (Lipinski definition) is 4. The summed E-state index contributed by atoms with van der Waals surface area (Å²) < 4.78 is 5.17. The molecule has 0 aliphatic rings. The molecule has 70 valence electrons. The number of furan rings is 1. The normalized spacial score (nSPS) is 10.0. The van der Waals surface area contributed by atoms with Gasteiger partial charge in [-0.1, -0.05) is 11.6 Å². The zero-order valence-corrected chi connectivity index (χ0v) is 8.60. The second kappa shape index (κ2) is 3.82. The first-order valence-electron chi connectivity index (χ1n) is 3.87. The lowest BCUT2D eigenvalue weighted by Crippen LogP contribution is -1.74. The minimum Gasteiger partial charge on any atom is -0.462 e. The third kappa shape index (κ3) is 1.65. The van der Waals surface area contributed by atoms with E-state index < -0.39 is 0 Å². The largest absolute Gasteiger partial charge is 0.462 e. The molecule has 0 saturated heterocycles. The fraction of sp³-hybridized carbons (Fsp3) is 0.111. The van der Waals surface area contributed by atoms with Crippen LogP contribution in [0.25, 0.3) is 10.8 Å². The van der Waals surface area contributed by atoms with Crippen molar-refractivity contribution in [1.82, 2.24) is 4.98 Å². The highest BCUT2D eigenvalue weighted by Gasteiger charge is 2.11. The van der Waals surface area contributed by atoms with Crippen molar-refractivity contribution in [3.63, 3.8) is 0 Å². The van der Waals surface area contributed by atoms with E-state index in [1.54, 1.807) is 12.3 Å². The minimum absolute atomic E-state index is 0.289. The molecule has 0 unspecified atom stereocenters. The summed E-state index contributed by atoms with van der Waals surface area (Å²) in [7, 11) is 0. The molecule has 2 aromatic rings. The number of halogens is 1. The maximum atomic E-state index is 8.53. The second-order valence-corrected chi connectivity index (χ2v) is 3.99. The van der Waals surface area contributed by atoms with Gasteiger partial charge in [0, 0.05) is 0 Å². The third-order valence-corrected chi connectivity index (χ3v) is 3.12. The van der Waals surface area contributed by atoms with Gasteiger partial charge in [-0.25, -0.2) is 4.98 Å². The predicted octanol–water partition coefficient (Wildman–Crippen LogP) is 3.12. The monoisotopic (exact) mass is 224 g/mol. The molecule has 0 amide bonds. The van der Waals surface area contributed by atoms with Gasteiger partial charge in [0.25, 0.3) is 0 Å². The van der Waals surface area contributed by atoms with Gasteiger partial charge in [-0.3, -0.25) is 0 Å². The topological polar surface area (TPSA) is 49.8 Å². The SMILES string of the molecule is N#CCc1sc(-c2ccco2)nc1Cl.